The molecule has 0 saturated carbocycles. The Kier molecular flexibility index (Phi) is 8.07. The Morgan fingerprint density at radius 2 is 1.54 bits per heavy atom. The molecule has 0 heterocycles. The summed E-state index contributed by atoms with van der Waals surface area (Å²) < 4.78 is 11.8. The number of amides is 1. The van der Waals surface area contributed by atoms with Crippen LogP contribution >= 0.6 is 11.6 Å². The van der Waals surface area contributed by atoms with Crippen LogP contribution in [0.15, 0.2) is 97.1 Å². The molecule has 1 amide bonds. The molecule has 0 bridgehead atoms. The number of halogens is 1. The smallest absolute Gasteiger partial charge is 0.251 e. The fourth-order valence-corrected chi connectivity index (χ4v) is 3.91. The minimum atomic E-state index is -0.163. The van der Waals surface area contributed by atoms with E-state index in [1.54, 1.807) is 6.07 Å². The number of hydrogen-bond acceptors (Lipinski definition) is 3. The molecule has 4 nitrogen and oxygen atoms in total. The lowest BCUT2D eigenvalue weighted by Crippen LogP contribution is -2.26. The second-order valence-electron chi connectivity index (χ2n) is 8.18. The summed E-state index contributed by atoms with van der Waals surface area (Å²) in [6.07, 6.45) is 0. The summed E-state index contributed by atoms with van der Waals surface area (Å²) >= 11 is 5.97. The van der Waals surface area contributed by atoms with Gasteiger partial charge in [-0.15, -0.1) is 0 Å². The summed E-state index contributed by atoms with van der Waals surface area (Å²) in [5, 5.41) is 3.71. The van der Waals surface area contributed by atoms with Crippen molar-refractivity contribution in [3.63, 3.8) is 0 Å². The second kappa shape index (κ2) is 11.6. The van der Waals surface area contributed by atoms with Crippen LogP contribution in [0.5, 0.6) is 11.5 Å². The van der Waals surface area contributed by atoms with E-state index in [1.807, 2.05) is 92.7 Å². The average Bonchev–Trinajstić information content (AvgIpc) is 2.89. The third kappa shape index (κ3) is 6.43. The second-order valence-corrected chi connectivity index (χ2v) is 8.62. The monoisotopic (exact) mass is 485 g/mol. The third-order valence-corrected chi connectivity index (χ3v) is 5.95. The highest BCUT2D eigenvalue weighted by Gasteiger charge is 2.15. The van der Waals surface area contributed by atoms with Crippen molar-refractivity contribution in [2.45, 2.75) is 26.5 Å². The van der Waals surface area contributed by atoms with Crippen LogP contribution in [0.2, 0.25) is 5.02 Å². The van der Waals surface area contributed by atoms with E-state index in [9.17, 15) is 4.79 Å². The molecule has 4 aromatic rings. The van der Waals surface area contributed by atoms with Crippen LogP contribution in [-0.4, -0.2) is 12.5 Å². The first-order chi connectivity index (χ1) is 17.0. The van der Waals surface area contributed by atoms with E-state index in [1.165, 1.54) is 0 Å². The molecule has 1 atom stereocenters. The van der Waals surface area contributed by atoms with Gasteiger partial charge in [-0.2, -0.15) is 0 Å². The van der Waals surface area contributed by atoms with E-state index in [0.29, 0.717) is 22.9 Å². The molecule has 1 N–H and O–H groups in total. The van der Waals surface area contributed by atoms with Gasteiger partial charge in [0.25, 0.3) is 5.91 Å². The first kappa shape index (κ1) is 24.4. The molecule has 5 heteroatoms. The normalized spacial score (nSPS) is 11.5. The maximum atomic E-state index is 12.9. The summed E-state index contributed by atoms with van der Waals surface area (Å²) in [7, 11) is 0. The predicted octanol–water partition coefficient (Wildman–Crippen LogP) is 7.48. The molecule has 0 aromatic heterocycles. The Morgan fingerprint density at radius 3 is 2.23 bits per heavy atom. The van der Waals surface area contributed by atoms with Crippen LogP contribution in [0.25, 0.3) is 11.1 Å². The van der Waals surface area contributed by atoms with Crippen molar-refractivity contribution in [2.75, 3.05) is 6.61 Å². The highest BCUT2D eigenvalue weighted by Crippen LogP contribution is 2.26. The maximum Gasteiger partial charge on any atom is 0.251 e. The van der Waals surface area contributed by atoms with Crippen LogP contribution < -0.4 is 14.8 Å². The van der Waals surface area contributed by atoms with E-state index in [2.05, 4.69) is 17.4 Å². The molecule has 0 spiro atoms. The number of carbonyl (C=O) groups excluding carboxylic acids is 1. The Labute approximate surface area is 211 Å². The Bertz CT molecular complexity index is 1260. The van der Waals surface area contributed by atoms with Gasteiger partial charge in [0.2, 0.25) is 0 Å². The Hall–Kier alpha value is -3.76. The summed E-state index contributed by atoms with van der Waals surface area (Å²) in [4.78, 5) is 12.9. The number of carbonyl (C=O) groups is 1. The van der Waals surface area contributed by atoms with Crippen molar-refractivity contribution in [1.29, 1.82) is 0 Å². The molecule has 0 aliphatic heterocycles. The first-order valence-corrected chi connectivity index (χ1v) is 12.0. The van der Waals surface area contributed by atoms with Crippen LogP contribution in [-0.2, 0) is 6.61 Å². The number of rotatable bonds is 9. The van der Waals surface area contributed by atoms with Crippen molar-refractivity contribution in [3.8, 4) is 22.6 Å². The molecule has 35 heavy (non-hydrogen) atoms. The molecule has 0 saturated heterocycles. The molecule has 0 fully saturated rings. The molecular weight excluding hydrogens is 458 g/mol. The fourth-order valence-electron chi connectivity index (χ4n) is 3.78. The summed E-state index contributed by atoms with van der Waals surface area (Å²) in [6, 6.07) is 30.9. The first-order valence-electron chi connectivity index (χ1n) is 11.6. The lowest BCUT2D eigenvalue weighted by Gasteiger charge is -2.16. The summed E-state index contributed by atoms with van der Waals surface area (Å²) in [6.45, 7) is 4.69. The number of nitrogens with one attached hydrogen (secondary N) is 1. The van der Waals surface area contributed by atoms with Crippen molar-refractivity contribution in [1.82, 2.24) is 5.32 Å². The fraction of sp³-hybridized carbons (Fsp3) is 0.167. The van der Waals surface area contributed by atoms with Crippen LogP contribution in [0.3, 0.4) is 0 Å². The van der Waals surface area contributed by atoms with Gasteiger partial charge in [-0.3, -0.25) is 4.79 Å². The SMILES string of the molecule is CCOc1ccc(C(=O)N[C@H](C)c2ccc(Cl)cc2)cc1COc1ccc(-c2ccccc2)cc1. The van der Waals surface area contributed by atoms with Gasteiger partial charge in [0, 0.05) is 16.1 Å². The van der Waals surface area contributed by atoms with Gasteiger partial charge in [0.05, 0.1) is 12.6 Å². The van der Waals surface area contributed by atoms with Gasteiger partial charge < -0.3 is 14.8 Å². The van der Waals surface area contributed by atoms with E-state index in [4.69, 9.17) is 21.1 Å². The lowest BCUT2D eigenvalue weighted by molar-refractivity contribution is 0.0939. The topological polar surface area (TPSA) is 47.6 Å². The minimum Gasteiger partial charge on any atom is -0.493 e. The van der Waals surface area contributed by atoms with Crippen molar-refractivity contribution in [2.24, 2.45) is 0 Å². The molecule has 178 valence electrons. The standard InChI is InChI=1S/C30H28ClNO3/c1-3-34-29-18-13-25(30(33)32-21(2)22-9-14-27(31)15-10-22)19-26(29)20-35-28-16-11-24(12-17-28)23-7-5-4-6-8-23/h4-19,21H,3,20H2,1-2H3,(H,32,33)/t21-/m1/s1. The minimum absolute atomic E-state index is 0.158. The zero-order valence-electron chi connectivity index (χ0n) is 19.8. The predicted molar refractivity (Wildman–Crippen MR) is 141 cm³/mol. The van der Waals surface area contributed by atoms with E-state index in [0.717, 1.165) is 28.0 Å². The van der Waals surface area contributed by atoms with Gasteiger partial charge >= 0.3 is 0 Å². The summed E-state index contributed by atoms with van der Waals surface area (Å²) in [5.41, 5.74) is 4.62. The van der Waals surface area contributed by atoms with Gasteiger partial charge in [-0.1, -0.05) is 66.2 Å². The van der Waals surface area contributed by atoms with Crippen LogP contribution in [0, 0.1) is 0 Å². The van der Waals surface area contributed by atoms with Gasteiger partial charge in [0.1, 0.15) is 18.1 Å². The van der Waals surface area contributed by atoms with Gasteiger partial charge in [-0.05, 0) is 73.0 Å². The van der Waals surface area contributed by atoms with Crippen LogP contribution in [0.4, 0.5) is 0 Å². The zero-order valence-corrected chi connectivity index (χ0v) is 20.6. The van der Waals surface area contributed by atoms with Gasteiger partial charge in [-0.25, -0.2) is 0 Å². The average molecular weight is 486 g/mol. The number of benzene rings is 4. The third-order valence-electron chi connectivity index (χ3n) is 5.70. The van der Waals surface area contributed by atoms with E-state index < -0.39 is 0 Å². The zero-order chi connectivity index (χ0) is 24.6. The molecule has 4 rings (SSSR count). The lowest BCUT2D eigenvalue weighted by atomic mass is 10.1. The summed E-state index contributed by atoms with van der Waals surface area (Å²) in [5.74, 6) is 1.29. The quantitative estimate of drug-likeness (QED) is 0.267. The Morgan fingerprint density at radius 1 is 0.857 bits per heavy atom. The number of hydrogen-bond donors (Lipinski definition) is 1. The van der Waals surface area contributed by atoms with E-state index in [-0.39, 0.29) is 18.6 Å². The number of ether oxygens (including phenoxy) is 2. The molecule has 0 radical (unpaired) electrons. The van der Waals surface area contributed by atoms with Gasteiger partial charge in [0.15, 0.2) is 0 Å². The molecular formula is C30H28ClNO3. The molecule has 0 aliphatic rings. The highest BCUT2D eigenvalue weighted by atomic mass is 35.5. The largest absolute Gasteiger partial charge is 0.493 e. The molecule has 0 unspecified atom stereocenters. The van der Waals surface area contributed by atoms with Crippen molar-refractivity contribution in [3.05, 3.63) is 119 Å². The van der Waals surface area contributed by atoms with Crippen molar-refractivity contribution >= 4 is 17.5 Å². The molecule has 0 aliphatic carbocycles. The maximum absolute atomic E-state index is 12.9. The molecule has 4 aromatic carbocycles. The Balaban J connectivity index is 1.45. The van der Waals surface area contributed by atoms with E-state index >= 15 is 0 Å². The van der Waals surface area contributed by atoms with Crippen molar-refractivity contribution < 1.29 is 14.3 Å². The van der Waals surface area contributed by atoms with Crippen LogP contribution in [0.1, 0.15) is 41.4 Å². The highest BCUT2D eigenvalue weighted by molar-refractivity contribution is 6.30.